The van der Waals surface area contributed by atoms with Gasteiger partial charge in [0.05, 0.1) is 6.21 Å². The molecule has 0 aliphatic heterocycles. The van der Waals surface area contributed by atoms with E-state index in [-0.39, 0.29) is 5.91 Å². The van der Waals surface area contributed by atoms with Gasteiger partial charge in [-0.25, -0.2) is 5.43 Å². The zero-order valence-electron chi connectivity index (χ0n) is 20.0. The highest BCUT2D eigenvalue weighted by atomic mass is 32.2. The third-order valence-corrected chi connectivity index (χ3v) is 6.88. The number of amides is 1. The largest absolute Gasteiger partial charge is 0.318 e. The van der Waals surface area contributed by atoms with E-state index in [9.17, 15) is 4.79 Å². The van der Waals surface area contributed by atoms with E-state index in [0.29, 0.717) is 5.56 Å². The summed E-state index contributed by atoms with van der Waals surface area (Å²) >= 11 is 1.78. The molecule has 0 bridgehead atoms. The number of rotatable bonds is 7. The number of aryl methyl sites for hydroxylation is 3. The fourth-order valence-electron chi connectivity index (χ4n) is 4.01. The molecule has 0 fully saturated rings. The summed E-state index contributed by atoms with van der Waals surface area (Å²) in [5.74, 6) is 0.641. The van der Waals surface area contributed by atoms with Gasteiger partial charge in [-0.2, -0.15) is 5.10 Å². The topological polar surface area (TPSA) is 46.4 Å². The Labute approximate surface area is 205 Å². The number of carbonyl (C=O) groups excluding carboxylic acids is 1. The minimum atomic E-state index is -0.221. The highest BCUT2D eigenvalue weighted by Crippen LogP contribution is 2.24. The van der Waals surface area contributed by atoms with Crippen molar-refractivity contribution in [3.05, 3.63) is 118 Å². The number of nitrogens with zero attached hydrogens (tertiary/aromatic N) is 2. The average Bonchev–Trinajstić information content (AvgIpc) is 3.11. The lowest BCUT2D eigenvalue weighted by Gasteiger charge is -2.13. The molecular weight excluding hydrogens is 438 g/mol. The number of thioether (sulfide) groups is 1. The molecule has 172 valence electrons. The van der Waals surface area contributed by atoms with Crippen molar-refractivity contribution >= 4 is 23.9 Å². The molecule has 1 aromatic heterocycles. The number of benzene rings is 3. The molecule has 4 rings (SSSR count). The van der Waals surface area contributed by atoms with E-state index in [0.717, 1.165) is 28.4 Å². The van der Waals surface area contributed by atoms with Crippen molar-refractivity contribution in [2.75, 3.05) is 0 Å². The number of hydrogen-bond donors (Lipinski definition) is 1. The van der Waals surface area contributed by atoms with E-state index in [2.05, 4.69) is 79.2 Å². The minimum absolute atomic E-state index is 0.221. The van der Waals surface area contributed by atoms with Gasteiger partial charge >= 0.3 is 0 Å². The number of carbonyl (C=O) groups is 1. The van der Waals surface area contributed by atoms with Crippen LogP contribution in [-0.2, 0) is 5.75 Å². The van der Waals surface area contributed by atoms with Crippen LogP contribution in [0.5, 0.6) is 0 Å². The zero-order valence-corrected chi connectivity index (χ0v) is 20.8. The van der Waals surface area contributed by atoms with Crippen LogP contribution in [0.15, 0.2) is 88.9 Å². The summed E-state index contributed by atoms with van der Waals surface area (Å²) in [5, 5.41) is 4.22. The number of hydrazone groups is 1. The van der Waals surface area contributed by atoms with Crippen LogP contribution < -0.4 is 5.43 Å². The van der Waals surface area contributed by atoms with Crippen LogP contribution in [0.2, 0.25) is 0 Å². The molecule has 4 nitrogen and oxygen atoms in total. The Hall–Kier alpha value is -3.57. The van der Waals surface area contributed by atoms with Gasteiger partial charge in [0.25, 0.3) is 5.91 Å². The van der Waals surface area contributed by atoms with Crippen LogP contribution in [0.25, 0.3) is 5.69 Å². The molecule has 0 spiro atoms. The first-order valence-electron chi connectivity index (χ1n) is 11.3. The number of aromatic nitrogens is 1. The van der Waals surface area contributed by atoms with Crippen molar-refractivity contribution in [3.63, 3.8) is 0 Å². The minimum Gasteiger partial charge on any atom is -0.318 e. The van der Waals surface area contributed by atoms with Gasteiger partial charge < -0.3 is 4.57 Å². The molecule has 5 heteroatoms. The second kappa shape index (κ2) is 10.6. The van der Waals surface area contributed by atoms with Crippen LogP contribution in [0, 0.1) is 27.7 Å². The summed E-state index contributed by atoms with van der Waals surface area (Å²) < 4.78 is 2.23. The Morgan fingerprint density at radius 2 is 1.68 bits per heavy atom. The first-order valence-corrected chi connectivity index (χ1v) is 12.3. The molecule has 34 heavy (non-hydrogen) atoms. The van der Waals surface area contributed by atoms with Crippen LogP contribution in [0.4, 0.5) is 0 Å². The van der Waals surface area contributed by atoms with Gasteiger partial charge in [-0.05, 0) is 75.2 Å². The van der Waals surface area contributed by atoms with Crippen LogP contribution >= 0.6 is 11.8 Å². The third-order valence-electron chi connectivity index (χ3n) is 5.80. The van der Waals surface area contributed by atoms with Gasteiger partial charge in [-0.3, -0.25) is 4.79 Å². The van der Waals surface area contributed by atoms with Crippen molar-refractivity contribution in [1.29, 1.82) is 0 Å². The van der Waals surface area contributed by atoms with E-state index in [1.165, 1.54) is 21.6 Å². The smallest absolute Gasteiger partial charge is 0.271 e. The average molecular weight is 468 g/mol. The lowest BCUT2D eigenvalue weighted by molar-refractivity contribution is 0.0955. The molecule has 0 radical (unpaired) electrons. The van der Waals surface area contributed by atoms with Crippen LogP contribution in [-0.4, -0.2) is 16.7 Å². The number of nitrogens with one attached hydrogen (secondary N) is 1. The van der Waals surface area contributed by atoms with Crippen LogP contribution in [0.1, 0.15) is 44.0 Å². The summed E-state index contributed by atoms with van der Waals surface area (Å²) in [6, 6.07) is 26.5. The van der Waals surface area contributed by atoms with Crippen molar-refractivity contribution in [1.82, 2.24) is 9.99 Å². The zero-order chi connectivity index (χ0) is 24.1. The molecule has 0 unspecified atom stereocenters. The lowest BCUT2D eigenvalue weighted by atomic mass is 10.1. The molecule has 1 N–H and O–H groups in total. The number of hydrogen-bond acceptors (Lipinski definition) is 3. The molecule has 1 heterocycles. The Kier molecular flexibility index (Phi) is 7.33. The quantitative estimate of drug-likeness (QED) is 0.185. The summed E-state index contributed by atoms with van der Waals surface area (Å²) in [7, 11) is 0. The molecular formula is C29H29N3OS. The maximum absolute atomic E-state index is 12.5. The molecule has 3 aromatic carbocycles. The standard InChI is InChI=1S/C29H29N3OS/c1-20-10-15-28(21(2)16-20)32-22(3)17-26(23(32)4)18-30-31-29(33)25-13-11-24(12-14-25)19-34-27-8-6-5-7-9-27/h5-18H,19H2,1-4H3,(H,31,33)/b30-18+. The van der Waals surface area contributed by atoms with Crippen molar-refractivity contribution in [3.8, 4) is 5.69 Å². The van der Waals surface area contributed by atoms with Crippen LogP contribution in [0.3, 0.4) is 0 Å². The fourth-order valence-corrected chi connectivity index (χ4v) is 4.88. The molecule has 0 aliphatic rings. The third kappa shape index (κ3) is 5.49. The monoisotopic (exact) mass is 467 g/mol. The molecule has 1 amide bonds. The van der Waals surface area contributed by atoms with Crippen molar-refractivity contribution < 1.29 is 4.79 Å². The summed E-state index contributed by atoms with van der Waals surface area (Å²) in [4.78, 5) is 13.8. The molecule has 4 aromatic rings. The maximum Gasteiger partial charge on any atom is 0.271 e. The molecule has 0 aliphatic carbocycles. The van der Waals surface area contributed by atoms with E-state index < -0.39 is 0 Å². The highest BCUT2D eigenvalue weighted by Gasteiger charge is 2.12. The van der Waals surface area contributed by atoms with E-state index in [4.69, 9.17) is 0 Å². The van der Waals surface area contributed by atoms with Crippen molar-refractivity contribution in [2.24, 2.45) is 5.10 Å². The van der Waals surface area contributed by atoms with Gasteiger partial charge in [-0.15, -0.1) is 11.8 Å². The predicted molar refractivity (Wildman–Crippen MR) is 142 cm³/mol. The molecule has 0 saturated carbocycles. The van der Waals surface area contributed by atoms with E-state index in [1.54, 1.807) is 18.0 Å². The summed E-state index contributed by atoms with van der Waals surface area (Å²) in [6.45, 7) is 8.38. The van der Waals surface area contributed by atoms with Gasteiger partial charge in [-0.1, -0.05) is 48.0 Å². The highest BCUT2D eigenvalue weighted by molar-refractivity contribution is 7.98. The lowest BCUT2D eigenvalue weighted by Crippen LogP contribution is -2.17. The second-order valence-electron chi connectivity index (χ2n) is 8.45. The summed E-state index contributed by atoms with van der Waals surface area (Å²) in [6.07, 6.45) is 1.71. The Morgan fingerprint density at radius 1 is 0.941 bits per heavy atom. The molecule has 0 saturated heterocycles. The normalized spacial score (nSPS) is 11.2. The SMILES string of the molecule is Cc1ccc(-n2c(C)cc(/C=N/NC(=O)c3ccc(CSc4ccccc4)cc3)c2C)c(C)c1. The maximum atomic E-state index is 12.5. The van der Waals surface area contributed by atoms with Gasteiger partial charge in [0.15, 0.2) is 0 Å². The van der Waals surface area contributed by atoms with Crippen molar-refractivity contribution in [2.45, 2.75) is 38.3 Å². The Balaban J connectivity index is 1.39. The van der Waals surface area contributed by atoms with Gasteiger partial charge in [0.1, 0.15) is 0 Å². The van der Waals surface area contributed by atoms with Gasteiger partial charge in [0, 0.05) is 38.9 Å². The summed E-state index contributed by atoms with van der Waals surface area (Å²) in [5.41, 5.74) is 11.2. The predicted octanol–water partition coefficient (Wildman–Crippen LogP) is 6.77. The van der Waals surface area contributed by atoms with E-state index >= 15 is 0 Å². The van der Waals surface area contributed by atoms with Gasteiger partial charge in [0.2, 0.25) is 0 Å². The second-order valence-corrected chi connectivity index (χ2v) is 9.50. The first-order chi connectivity index (χ1) is 16.4. The Morgan fingerprint density at radius 3 is 2.38 bits per heavy atom. The first kappa shape index (κ1) is 23.6. The fraction of sp³-hybridized carbons (Fsp3) is 0.172. The molecule has 0 atom stereocenters. The van der Waals surface area contributed by atoms with E-state index in [1.807, 2.05) is 42.5 Å². The Bertz CT molecular complexity index is 1320.